The summed E-state index contributed by atoms with van der Waals surface area (Å²) in [6.07, 6.45) is 5.85. The summed E-state index contributed by atoms with van der Waals surface area (Å²) in [6, 6.07) is 5.43. The number of benzene rings is 1. The Morgan fingerprint density at radius 2 is 2.05 bits per heavy atom. The molecule has 2 saturated carbocycles. The summed E-state index contributed by atoms with van der Waals surface area (Å²) in [6.45, 7) is 0. The van der Waals surface area contributed by atoms with Crippen molar-refractivity contribution in [3.63, 3.8) is 0 Å². The van der Waals surface area contributed by atoms with E-state index in [4.69, 9.17) is 0 Å². The molecule has 3 N–H and O–H groups in total. The Balaban J connectivity index is 1.44. The molecule has 0 spiro atoms. The maximum absolute atomic E-state index is 12.2. The van der Waals surface area contributed by atoms with Crippen molar-refractivity contribution < 1.29 is 4.79 Å². The molecule has 1 heterocycles. The first-order chi connectivity index (χ1) is 10.2. The largest absolute Gasteiger partial charge is 0.326 e. The maximum Gasteiger partial charge on any atom is 0.323 e. The van der Waals surface area contributed by atoms with Crippen molar-refractivity contribution >= 4 is 22.6 Å². The number of aromatic amines is 2. The van der Waals surface area contributed by atoms with Gasteiger partial charge in [0.1, 0.15) is 0 Å². The van der Waals surface area contributed by atoms with Crippen molar-refractivity contribution in [2.24, 2.45) is 17.8 Å². The highest BCUT2D eigenvalue weighted by atomic mass is 16.1. The van der Waals surface area contributed by atoms with Gasteiger partial charge >= 0.3 is 5.69 Å². The molecule has 1 aromatic heterocycles. The van der Waals surface area contributed by atoms with Crippen molar-refractivity contribution in [3.05, 3.63) is 28.7 Å². The standard InChI is InChI=1S/C16H19N3O2/c20-15(7-11-6-9-1-2-10(11)5-9)17-12-3-4-13-14(8-12)19-16(21)18-13/h3-4,8-11H,1-2,5-7H2,(H,17,20)(H2,18,19,21)/t9-,10-,11-/m0/s1. The lowest BCUT2D eigenvalue weighted by Gasteiger charge is -2.20. The Labute approximate surface area is 122 Å². The molecule has 0 unspecified atom stereocenters. The third-order valence-electron chi connectivity index (χ3n) is 5.13. The summed E-state index contributed by atoms with van der Waals surface area (Å²) < 4.78 is 0. The molecule has 4 rings (SSSR count). The molecule has 5 nitrogen and oxygen atoms in total. The fraction of sp³-hybridized carbons (Fsp3) is 0.500. The minimum absolute atomic E-state index is 0.0878. The summed E-state index contributed by atoms with van der Waals surface area (Å²) in [5.74, 6) is 2.29. The van der Waals surface area contributed by atoms with Crippen LogP contribution in [0.1, 0.15) is 32.1 Å². The molecule has 0 radical (unpaired) electrons. The van der Waals surface area contributed by atoms with Crippen LogP contribution in [0.4, 0.5) is 5.69 Å². The zero-order valence-electron chi connectivity index (χ0n) is 11.8. The van der Waals surface area contributed by atoms with Gasteiger partial charge in [-0.3, -0.25) is 4.79 Å². The number of fused-ring (bicyclic) bond motifs is 3. The van der Waals surface area contributed by atoms with E-state index in [0.29, 0.717) is 12.3 Å². The molecule has 5 heteroatoms. The van der Waals surface area contributed by atoms with Crippen molar-refractivity contribution in [1.82, 2.24) is 9.97 Å². The Morgan fingerprint density at radius 3 is 2.81 bits per heavy atom. The predicted molar refractivity (Wildman–Crippen MR) is 81.1 cm³/mol. The molecule has 2 aliphatic rings. The highest BCUT2D eigenvalue weighted by Gasteiger charge is 2.40. The molecule has 2 aromatic rings. The monoisotopic (exact) mass is 285 g/mol. The molecule has 110 valence electrons. The van der Waals surface area contributed by atoms with Crippen LogP contribution in [0.5, 0.6) is 0 Å². The van der Waals surface area contributed by atoms with Gasteiger partial charge in [0.05, 0.1) is 11.0 Å². The average molecular weight is 285 g/mol. The van der Waals surface area contributed by atoms with Crippen LogP contribution < -0.4 is 11.0 Å². The summed E-state index contributed by atoms with van der Waals surface area (Å²) in [5.41, 5.74) is 1.99. The number of amides is 1. The number of hydrogen-bond acceptors (Lipinski definition) is 2. The first-order valence-corrected chi connectivity index (χ1v) is 7.69. The van der Waals surface area contributed by atoms with Gasteiger partial charge in [0.25, 0.3) is 0 Å². The van der Waals surface area contributed by atoms with Gasteiger partial charge in [-0.05, 0) is 55.2 Å². The summed E-state index contributed by atoms with van der Waals surface area (Å²) in [4.78, 5) is 28.8. The molecule has 0 aliphatic heterocycles. The molecule has 2 aliphatic carbocycles. The molecule has 2 bridgehead atoms. The van der Waals surface area contributed by atoms with Crippen molar-refractivity contribution in [2.45, 2.75) is 32.1 Å². The summed E-state index contributed by atoms with van der Waals surface area (Å²) in [7, 11) is 0. The van der Waals surface area contributed by atoms with E-state index < -0.39 is 0 Å². The number of nitrogens with one attached hydrogen (secondary N) is 3. The SMILES string of the molecule is O=C(C[C@@H]1C[C@H]2CC[C@H]1C2)Nc1ccc2[nH]c(=O)[nH]c2c1. The maximum atomic E-state index is 12.2. The Bertz CT molecular complexity index is 745. The van der Waals surface area contributed by atoms with E-state index in [1.807, 2.05) is 6.07 Å². The van der Waals surface area contributed by atoms with Gasteiger partial charge in [-0.25, -0.2) is 4.79 Å². The normalized spacial score (nSPS) is 27.3. The van der Waals surface area contributed by atoms with Crippen LogP contribution in [0.2, 0.25) is 0 Å². The van der Waals surface area contributed by atoms with Crippen LogP contribution in [-0.2, 0) is 4.79 Å². The highest BCUT2D eigenvalue weighted by Crippen LogP contribution is 2.49. The van der Waals surface area contributed by atoms with Crippen molar-refractivity contribution in [2.75, 3.05) is 5.32 Å². The lowest BCUT2D eigenvalue weighted by Crippen LogP contribution is -2.20. The summed E-state index contributed by atoms with van der Waals surface area (Å²) in [5, 5.41) is 2.95. The predicted octanol–water partition coefficient (Wildman–Crippen LogP) is 2.62. The number of rotatable bonds is 3. The zero-order valence-corrected chi connectivity index (χ0v) is 11.8. The van der Waals surface area contributed by atoms with E-state index in [2.05, 4.69) is 15.3 Å². The Hall–Kier alpha value is -2.04. The second-order valence-corrected chi connectivity index (χ2v) is 6.53. The number of carbonyl (C=O) groups is 1. The molecule has 2 fully saturated rings. The van der Waals surface area contributed by atoms with Gasteiger partial charge in [0.2, 0.25) is 5.91 Å². The van der Waals surface area contributed by atoms with Crippen LogP contribution in [0.15, 0.2) is 23.0 Å². The lowest BCUT2D eigenvalue weighted by atomic mass is 9.86. The molecular formula is C16H19N3O2. The molecule has 3 atom stereocenters. The third-order valence-corrected chi connectivity index (χ3v) is 5.13. The number of carbonyl (C=O) groups excluding carboxylic acids is 1. The van der Waals surface area contributed by atoms with E-state index in [-0.39, 0.29) is 11.6 Å². The molecule has 0 saturated heterocycles. The fourth-order valence-electron chi connectivity index (χ4n) is 4.19. The first-order valence-electron chi connectivity index (χ1n) is 7.69. The van der Waals surface area contributed by atoms with Gasteiger partial charge in [-0.15, -0.1) is 0 Å². The number of hydrogen-bond donors (Lipinski definition) is 3. The van der Waals surface area contributed by atoms with Crippen LogP contribution >= 0.6 is 0 Å². The number of H-pyrrole nitrogens is 2. The topological polar surface area (TPSA) is 77.8 Å². The second-order valence-electron chi connectivity index (χ2n) is 6.53. The second kappa shape index (κ2) is 4.76. The Morgan fingerprint density at radius 1 is 1.19 bits per heavy atom. The van der Waals surface area contributed by atoms with Crippen LogP contribution in [0.25, 0.3) is 11.0 Å². The van der Waals surface area contributed by atoms with Crippen LogP contribution in [-0.4, -0.2) is 15.9 Å². The third kappa shape index (κ3) is 2.37. The van der Waals surface area contributed by atoms with E-state index in [1.165, 1.54) is 25.7 Å². The zero-order chi connectivity index (χ0) is 14.4. The summed E-state index contributed by atoms with van der Waals surface area (Å²) >= 11 is 0. The molecule has 1 aromatic carbocycles. The van der Waals surface area contributed by atoms with E-state index in [0.717, 1.165) is 28.6 Å². The molecule has 1 amide bonds. The van der Waals surface area contributed by atoms with Gasteiger partial charge in [0.15, 0.2) is 0 Å². The van der Waals surface area contributed by atoms with Gasteiger partial charge in [0, 0.05) is 12.1 Å². The first kappa shape index (κ1) is 12.7. The van der Waals surface area contributed by atoms with Crippen molar-refractivity contribution in [1.29, 1.82) is 0 Å². The number of aromatic nitrogens is 2. The molecule has 21 heavy (non-hydrogen) atoms. The average Bonchev–Trinajstić information content (AvgIpc) is 3.11. The van der Waals surface area contributed by atoms with Gasteiger partial charge < -0.3 is 15.3 Å². The van der Waals surface area contributed by atoms with Gasteiger partial charge in [-0.2, -0.15) is 0 Å². The fourth-order valence-corrected chi connectivity index (χ4v) is 4.19. The van der Waals surface area contributed by atoms with E-state index >= 15 is 0 Å². The smallest absolute Gasteiger partial charge is 0.323 e. The van der Waals surface area contributed by atoms with E-state index in [1.54, 1.807) is 12.1 Å². The molecular weight excluding hydrogens is 266 g/mol. The van der Waals surface area contributed by atoms with Crippen LogP contribution in [0, 0.1) is 17.8 Å². The van der Waals surface area contributed by atoms with Crippen LogP contribution in [0.3, 0.4) is 0 Å². The van der Waals surface area contributed by atoms with E-state index in [9.17, 15) is 9.59 Å². The number of anilines is 1. The van der Waals surface area contributed by atoms with Crippen molar-refractivity contribution in [3.8, 4) is 0 Å². The Kier molecular flexibility index (Phi) is 2.87. The highest BCUT2D eigenvalue weighted by molar-refractivity contribution is 5.93. The van der Waals surface area contributed by atoms with Gasteiger partial charge in [-0.1, -0.05) is 6.42 Å². The minimum Gasteiger partial charge on any atom is -0.326 e. The number of imidazole rings is 1. The lowest BCUT2D eigenvalue weighted by molar-refractivity contribution is -0.117. The quantitative estimate of drug-likeness (QED) is 0.810. The minimum atomic E-state index is -0.226.